The van der Waals surface area contributed by atoms with E-state index in [1.54, 1.807) is 24.3 Å². The summed E-state index contributed by atoms with van der Waals surface area (Å²) >= 11 is 0. The Balaban J connectivity index is 1.84. The molecule has 1 saturated carbocycles. The summed E-state index contributed by atoms with van der Waals surface area (Å²) in [6.07, 6.45) is -1.16. The standard InChI is InChI=1S/C27H28O6/c1-16-23(19-6-4-3-5-7-19)27(20-10-8-17(14-28)9-11-20)26(31,25(16)30)24-21(32-2)12-18(15-29)13-22(24)33-27/h3-13,16,23,25,28-31H,14-15H2,1-2H3/t16-,23+,25-,26+,27+/m1/s1. The fourth-order valence-electron chi connectivity index (χ4n) is 5.91. The number of aliphatic hydroxyl groups is 4. The molecule has 0 unspecified atom stereocenters. The first-order valence-electron chi connectivity index (χ1n) is 11.1. The fourth-order valence-corrected chi connectivity index (χ4v) is 5.91. The van der Waals surface area contributed by atoms with E-state index in [9.17, 15) is 20.4 Å². The van der Waals surface area contributed by atoms with Crippen LogP contribution in [0, 0.1) is 5.92 Å². The molecule has 33 heavy (non-hydrogen) atoms. The topological polar surface area (TPSA) is 99.4 Å². The molecule has 172 valence electrons. The Morgan fingerprint density at radius 3 is 2.21 bits per heavy atom. The Kier molecular flexibility index (Phi) is 5.21. The summed E-state index contributed by atoms with van der Waals surface area (Å²) < 4.78 is 12.3. The van der Waals surface area contributed by atoms with Gasteiger partial charge in [-0.3, -0.25) is 0 Å². The lowest BCUT2D eigenvalue weighted by atomic mass is 9.70. The van der Waals surface area contributed by atoms with Gasteiger partial charge >= 0.3 is 0 Å². The van der Waals surface area contributed by atoms with E-state index >= 15 is 0 Å². The summed E-state index contributed by atoms with van der Waals surface area (Å²) in [6, 6.07) is 20.4. The summed E-state index contributed by atoms with van der Waals surface area (Å²) in [4.78, 5) is 0. The number of ether oxygens (including phenoxy) is 2. The Bertz CT molecular complexity index is 1160. The van der Waals surface area contributed by atoms with Gasteiger partial charge in [-0.25, -0.2) is 0 Å². The molecule has 3 aromatic carbocycles. The maximum Gasteiger partial charge on any atom is 0.177 e. The average molecular weight is 449 g/mol. The van der Waals surface area contributed by atoms with Crippen molar-refractivity contribution in [3.63, 3.8) is 0 Å². The molecule has 4 N–H and O–H groups in total. The molecule has 0 radical (unpaired) electrons. The van der Waals surface area contributed by atoms with Crippen LogP contribution in [0.3, 0.4) is 0 Å². The van der Waals surface area contributed by atoms with Gasteiger partial charge in [0.15, 0.2) is 11.2 Å². The number of hydrogen-bond donors (Lipinski definition) is 4. The third-order valence-corrected chi connectivity index (χ3v) is 7.36. The second kappa shape index (κ2) is 7.85. The largest absolute Gasteiger partial charge is 0.496 e. The Morgan fingerprint density at radius 2 is 1.61 bits per heavy atom. The van der Waals surface area contributed by atoms with Crippen LogP contribution in [0.25, 0.3) is 0 Å². The van der Waals surface area contributed by atoms with Crippen molar-refractivity contribution in [3.05, 3.63) is 94.5 Å². The minimum atomic E-state index is -1.82. The van der Waals surface area contributed by atoms with Crippen molar-refractivity contribution in [3.8, 4) is 11.5 Å². The van der Waals surface area contributed by atoms with E-state index < -0.39 is 23.2 Å². The van der Waals surface area contributed by atoms with Crippen molar-refractivity contribution in [1.82, 2.24) is 0 Å². The minimum Gasteiger partial charge on any atom is -0.496 e. The molecular formula is C27H28O6. The molecule has 0 amide bonds. The molecule has 6 nitrogen and oxygen atoms in total. The molecular weight excluding hydrogens is 420 g/mol. The van der Waals surface area contributed by atoms with Crippen LogP contribution in [0.4, 0.5) is 0 Å². The maximum atomic E-state index is 12.5. The SMILES string of the molecule is COc1cc(CO)cc2c1[C@]1(O)[C@H](O)[C@H](C)[C@@H](c3ccccc3)[C@]1(c1ccc(CO)cc1)O2. The van der Waals surface area contributed by atoms with Crippen molar-refractivity contribution in [2.45, 2.75) is 43.4 Å². The van der Waals surface area contributed by atoms with Gasteiger partial charge < -0.3 is 29.9 Å². The number of hydrogen-bond acceptors (Lipinski definition) is 6. The number of methoxy groups -OCH3 is 1. The van der Waals surface area contributed by atoms with Crippen LogP contribution >= 0.6 is 0 Å². The van der Waals surface area contributed by atoms with Gasteiger partial charge in [0.25, 0.3) is 0 Å². The van der Waals surface area contributed by atoms with E-state index in [4.69, 9.17) is 9.47 Å². The Hall–Kier alpha value is -2.90. The summed E-state index contributed by atoms with van der Waals surface area (Å²) in [6.45, 7) is 1.60. The molecule has 1 aliphatic heterocycles. The van der Waals surface area contributed by atoms with Gasteiger partial charge in [0, 0.05) is 5.92 Å². The third-order valence-electron chi connectivity index (χ3n) is 7.36. The highest BCUT2D eigenvalue weighted by Crippen LogP contribution is 2.69. The van der Waals surface area contributed by atoms with Crippen LogP contribution in [0.2, 0.25) is 0 Å². The first kappa shape index (κ1) is 21.9. The highest BCUT2D eigenvalue weighted by Gasteiger charge is 2.75. The predicted molar refractivity (Wildman–Crippen MR) is 122 cm³/mol. The summed E-state index contributed by atoms with van der Waals surface area (Å²) in [7, 11) is 1.50. The van der Waals surface area contributed by atoms with E-state index in [1.165, 1.54) is 7.11 Å². The second-order valence-corrected chi connectivity index (χ2v) is 8.98. The van der Waals surface area contributed by atoms with Gasteiger partial charge in [0.2, 0.25) is 0 Å². The van der Waals surface area contributed by atoms with Crippen LogP contribution in [0.5, 0.6) is 11.5 Å². The first-order valence-corrected chi connectivity index (χ1v) is 11.1. The van der Waals surface area contributed by atoms with Crippen LogP contribution < -0.4 is 9.47 Å². The lowest BCUT2D eigenvalue weighted by Gasteiger charge is -2.41. The molecule has 5 atom stereocenters. The lowest BCUT2D eigenvalue weighted by molar-refractivity contribution is -0.151. The predicted octanol–water partition coefficient (Wildman–Crippen LogP) is 2.95. The molecule has 0 bridgehead atoms. The van der Waals surface area contributed by atoms with E-state index in [0.29, 0.717) is 28.2 Å². The molecule has 2 aliphatic rings. The summed E-state index contributed by atoms with van der Waals surface area (Å²) in [5, 5.41) is 43.4. The zero-order valence-corrected chi connectivity index (χ0v) is 18.6. The number of aliphatic hydroxyl groups excluding tert-OH is 3. The van der Waals surface area contributed by atoms with Gasteiger partial charge in [-0.05, 0) is 40.3 Å². The minimum absolute atomic E-state index is 0.104. The average Bonchev–Trinajstić information content (AvgIpc) is 3.21. The van der Waals surface area contributed by atoms with E-state index in [1.807, 2.05) is 49.4 Å². The number of benzene rings is 3. The molecule has 1 heterocycles. The molecule has 0 aromatic heterocycles. The van der Waals surface area contributed by atoms with Gasteiger partial charge in [0.05, 0.1) is 32.0 Å². The zero-order valence-electron chi connectivity index (χ0n) is 18.6. The molecule has 1 aliphatic carbocycles. The van der Waals surface area contributed by atoms with Crippen molar-refractivity contribution >= 4 is 0 Å². The highest BCUT2D eigenvalue weighted by atomic mass is 16.5. The van der Waals surface area contributed by atoms with Crippen molar-refractivity contribution < 1.29 is 29.9 Å². The molecule has 0 spiro atoms. The summed E-state index contributed by atoms with van der Waals surface area (Å²) in [5.41, 5.74) is 0.137. The van der Waals surface area contributed by atoms with Crippen LogP contribution in [-0.2, 0) is 24.4 Å². The Morgan fingerprint density at radius 1 is 0.939 bits per heavy atom. The third kappa shape index (κ3) is 2.82. The summed E-state index contributed by atoms with van der Waals surface area (Å²) in [5.74, 6) is -0.0227. The fraction of sp³-hybridized carbons (Fsp3) is 0.333. The molecule has 1 fully saturated rings. The van der Waals surface area contributed by atoms with E-state index in [-0.39, 0.29) is 19.1 Å². The zero-order chi connectivity index (χ0) is 23.4. The highest BCUT2D eigenvalue weighted by molar-refractivity contribution is 5.61. The smallest absolute Gasteiger partial charge is 0.177 e. The molecule has 3 aromatic rings. The molecule has 5 rings (SSSR count). The van der Waals surface area contributed by atoms with E-state index in [0.717, 1.165) is 11.1 Å². The Labute approximate surface area is 192 Å². The maximum absolute atomic E-state index is 12.5. The van der Waals surface area contributed by atoms with Gasteiger partial charge in [0.1, 0.15) is 11.5 Å². The number of rotatable bonds is 5. The van der Waals surface area contributed by atoms with Crippen LogP contribution in [-0.4, -0.2) is 33.6 Å². The second-order valence-electron chi connectivity index (χ2n) is 8.98. The van der Waals surface area contributed by atoms with Crippen LogP contribution in [0.1, 0.15) is 40.7 Å². The van der Waals surface area contributed by atoms with Gasteiger partial charge in [-0.15, -0.1) is 0 Å². The van der Waals surface area contributed by atoms with Crippen molar-refractivity contribution in [2.24, 2.45) is 5.92 Å². The van der Waals surface area contributed by atoms with Gasteiger partial charge in [-0.1, -0.05) is 61.5 Å². The van der Waals surface area contributed by atoms with E-state index in [2.05, 4.69) is 0 Å². The van der Waals surface area contributed by atoms with Gasteiger partial charge in [-0.2, -0.15) is 0 Å². The first-order chi connectivity index (χ1) is 15.9. The van der Waals surface area contributed by atoms with Crippen LogP contribution in [0.15, 0.2) is 66.7 Å². The molecule has 6 heteroatoms. The normalized spacial score (nSPS) is 29.9. The quantitative estimate of drug-likeness (QED) is 0.479. The monoisotopic (exact) mass is 448 g/mol. The number of fused-ring (bicyclic) bond motifs is 3. The molecule has 0 saturated heterocycles. The van der Waals surface area contributed by atoms with Crippen molar-refractivity contribution in [1.29, 1.82) is 0 Å². The van der Waals surface area contributed by atoms with Crippen molar-refractivity contribution in [2.75, 3.05) is 7.11 Å². The lowest BCUT2D eigenvalue weighted by Crippen LogP contribution is -2.52.